The average molecular weight is 409 g/mol. The van der Waals surface area contributed by atoms with Crippen molar-refractivity contribution in [3.8, 4) is 5.75 Å². The molecule has 2 aliphatic rings. The molecule has 0 unspecified atom stereocenters. The summed E-state index contributed by atoms with van der Waals surface area (Å²) in [4.78, 5) is 12.7. The SMILES string of the molecule is COc1ccc2c(c1)[C@@H](NC(=O)OCc1ccccc1)[C@H](C)[C@@H](C1CCCCC1)N2. The van der Waals surface area contributed by atoms with E-state index < -0.39 is 0 Å². The summed E-state index contributed by atoms with van der Waals surface area (Å²) < 4.78 is 11.0. The molecule has 2 aromatic rings. The summed E-state index contributed by atoms with van der Waals surface area (Å²) in [7, 11) is 1.67. The lowest BCUT2D eigenvalue weighted by molar-refractivity contribution is 0.127. The van der Waals surface area contributed by atoms with E-state index in [0.717, 1.165) is 22.6 Å². The van der Waals surface area contributed by atoms with Gasteiger partial charge >= 0.3 is 6.09 Å². The van der Waals surface area contributed by atoms with Crippen LogP contribution in [0, 0.1) is 11.8 Å². The van der Waals surface area contributed by atoms with E-state index in [-0.39, 0.29) is 24.7 Å². The first kappa shape index (κ1) is 20.6. The molecule has 160 valence electrons. The number of anilines is 1. The number of fused-ring (bicyclic) bond motifs is 1. The van der Waals surface area contributed by atoms with E-state index >= 15 is 0 Å². The fourth-order valence-corrected chi connectivity index (χ4v) is 5.00. The maximum absolute atomic E-state index is 12.7. The van der Waals surface area contributed by atoms with Crippen LogP contribution >= 0.6 is 0 Å². The van der Waals surface area contributed by atoms with E-state index in [0.29, 0.717) is 12.0 Å². The third kappa shape index (κ3) is 4.55. The van der Waals surface area contributed by atoms with E-state index in [2.05, 4.69) is 23.6 Å². The maximum Gasteiger partial charge on any atom is 0.407 e. The molecule has 0 radical (unpaired) electrons. The summed E-state index contributed by atoms with van der Waals surface area (Å²) >= 11 is 0. The number of amides is 1. The molecule has 0 spiro atoms. The van der Waals surface area contributed by atoms with Crippen molar-refractivity contribution >= 4 is 11.8 Å². The number of rotatable bonds is 5. The van der Waals surface area contributed by atoms with Crippen molar-refractivity contribution in [1.29, 1.82) is 0 Å². The van der Waals surface area contributed by atoms with Gasteiger partial charge in [0.1, 0.15) is 12.4 Å². The van der Waals surface area contributed by atoms with Gasteiger partial charge in [-0.2, -0.15) is 0 Å². The summed E-state index contributed by atoms with van der Waals surface area (Å²) in [5, 5.41) is 6.94. The Labute approximate surface area is 179 Å². The lowest BCUT2D eigenvalue weighted by Gasteiger charge is -2.43. The first-order chi connectivity index (χ1) is 14.7. The van der Waals surface area contributed by atoms with Crippen LogP contribution in [0.4, 0.5) is 10.5 Å². The lowest BCUT2D eigenvalue weighted by Crippen LogP contribution is -2.47. The molecule has 1 aliphatic carbocycles. The largest absolute Gasteiger partial charge is 0.497 e. The molecule has 5 heteroatoms. The van der Waals surface area contributed by atoms with Crippen molar-refractivity contribution < 1.29 is 14.3 Å². The minimum absolute atomic E-state index is 0.119. The molecule has 5 nitrogen and oxygen atoms in total. The number of carbonyl (C=O) groups excluding carboxylic acids is 1. The number of nitrogens with one attached hydrogen (secondary N) is 2. The highest BCUT2D eigenvalue weighted by Crippen LogP contribution is 2.43. The van der Waals surface area contributed by atoms with Crippen LogP contribution < -0.4 is 15.4 Å². The zero-order valence-electron chi connectivity index (χ0n) is 17.9. The first-order valence-electron chi connectivity index (χ1n) is 11.1. The van der Waals surface area contributed by atoms with Crippen LogP contribution in [0.2, 0.25) is 0 Å². The van der Waals surface area contributed by atoms with Crippen molar-refractivity contribution in [1.82, 2.24) is 5.32 Å². The summed E-state index contributed by atoms with van der Waals surface area (Å²) in [6, 6.07) is 16.1. The number of hydrogen-bond donors (Lipinski definition) is 2. The summed E-state index contributed by atoms with van der Waals surface area (Å²) in [5.74, 6) is 1.67. The average Bonchev–Trinajstić information content (AvgIpc) is 2.80. The van der Waals surface area contributed by atoms with Crippen LogP contribution in [0.15, 0.2) is 48.5 Å². The van der Waals surface area contributed by atoms with E-state index in [9.17, 15) is 4.79 Å². The third-order valence-electron chi connectivity index (χ3n) is 6.65. The van der Waals surface area contributed by atoms with Crippen molar-refractivity contribution in [2.45, 2.75) is 57.7 Å². The summed E-state index contributed by atoms with van der Waals surface area (Å²) in [6.45, 7) is 2.50. The van der Waals surface area contributed by atoms with Crippen LogP contribution in [0.5, 0.6) is 5.75 Å². The molecule has 2 aromatic carbocycles. The zero-order valence-corrected chi connectivity index (χ0v) is 17.9. The highest BCUT2D eigenvalue weighted by atomic mass is 16.5. The molecule has 4 rings (SSSR count). The van der Waals surface area contributed by atoms with Gasteiger partial charge in [0, 0.05) is 23.2 Å². The third-order valence-corrected chi connectivity index (χ3v) is 6.65. The summed E-state index contributed by atoms with van der Waals surface area (Å²) in [6.07, 6.45) is 6.04. The highest BCUT2D eigenvalue weighted by Gasteiger charge is 2.39. The Hall–Kier alpha value is -2.69. The number of methoxy groups -OCH3 is 1. The maximum atomic E-state index is 12.7. The minimum Gasteiger partial charge on any atom is -0.497 e. The van der Waals surface area contributed by atoms with Gasteiger partial charge < -0.3 is 20.1 Å². The standard InChI is InChI=1S/C25H32N2O3/c1-17-23(19-11-7-4-8-12-19)26-22-14-13-20(29-2)15-21(22)24(17)27-25(28)30-16-18-9-5-3-6-10-18/h3,5-6,9-10,13-15,17,19,23-24,26H,4,7-8,11-12,16H2,1-2H3,(H,27,28)/t17-,23+,24+/m1/s1. The van der Waals surface area contributed by atoms with E-state index in [1.807, 2.05) is 42.5 Å². The normalized spacial score (nSPS) is 23.7. The van der Waals surface area contributed by atoms with Gasteiger partial charge in [-0.05, 0) is 42.5 Å². The van der Waals surface area contributed by atoms with E-state index in [1.54, 1.807) is 7.11 Å². The van der Waals surface area contributed by atoms with Gasteiger partial charge in [0.15, 0.2) is 0 Å². The Morgan fingerprint density at radius 3 is 2.60 bits per heavy atom. The quantitative estimate of drug-likeness (QED) is 0.669. The van der Waals surface area contributed by atoms with Gasteiger partial charge in [-0.1, -0.05) is 56.5 Å². The second-order valence-electron chi connectivity index (χ2n) is 8.56. The molecule has 1 saturated carbocycles. The monoisotopic (exact) mass is 408 g/mol. The predicted octanol–water partition coefficient (Wildman–Crippen LogP) is 5.67. The van der Waals surface area contributed by atoms with Crippen LogP contribution in [0.3, 0.4) is 0 Å². The molecular formula is C25H32N2O3. The number of hydrogen-bond acceptors (Lipinski definition) is 4. The van der Waals surface area contributed by atoms with E-state index in [4.69, 9.17) is 9.47 Å². The van der Waals surface area contributed by atoms with Crippen LogP contribution in [0.25, 0.3) is 0 Å². The molecule has 30 heavy (non-hydrogen) atoms. The van der Waals surface area contributed by atoms with Gasteiger partial charge in [0.05, 0.1) is 13.2 Å². The zero-order chi connectivity index (χ0) is 20.9. The van der Waals surface area contributed by atoms with Gasteiger partial charge in [-0.25, -0.2) is 4.79 Å². The fraction of sp³-hybridized carbons (Fsp3) is 0.480. The molecule has 0 bridgehead atoms. The summed E-state index contributed by atoms with van der Waals surface area (Å²) in [5.41, 5.74) is 3.12. The Balaban J connectivity index is 1.53. The van der Waals surface area contributed by atoms with Crippen LogP contribution in [-0.2, 0) is 11.3 Å². The Morgan fingerprint density at radius 2 is 1.87 bits per heavy atom. The Bertz CT molecular complexity index is 849. The van der Waals surface area contributed by atoms with Crippen molar-refractivity contribution in [2.24, 2.45) is 11.8 Å². The number of benzene rings is 2. The Kier molecular flexibility index (Phi) is 6.46. The highest BCUT2D eigenvalue weighted by molar-refractivity contribution is 5.70. The molecule has 0 saturated heterocycles. The van der Waals surface area contributed by atoms with Gasteiger partial charge in [0.25, 0.3) is 0 Å². The fourth-order valence-electron chi connectivity index (χ4n) is 5.00. The number of alkyl carbamates (subject to hydrolysis) is 1. The molecule has 3 atom stereocenters. The molecule has 1 fully saturated rings. The van der Waals surface area contributed by atoms with E-state index in [1.165, 1.54) is 32.1 Å². The molecule has 1 heterocycles. The van der Waals surface area contributed by atoms with Crippen molar-refractivity contribution in [3.05, 3.63) is 59.7 Å². The Morgan fingerprint density at radius 1 is 1.10 bits per heavy atom. The van der Waals surface area contributed by atoms with Crippen molar-refractivity contribution in [3.63, 3.8) is 0 Å². The van der Waals surface area contributed by atoms with Gasteiger partial charge in [-0.15, -0.1) is 0 Å². The lowest BCUT2D eigenvalue weighted by atomic mass is 9.73. The molecule has 0 aromatic heterocycles. The molecular weight excluding hydrogens is 376 g/mol. The van der Waals surface area contributed by atoms with Crippen molar-refractivity contribution in [2.75, 3.05) is 12.4 Å². The van der Waals surface area contributed by atoms with Crippen LogP contribution in [0.1, 0.15) is 56.2 Å². The minimum atomic E-state index is -0.381. The molecule has 1 aliphatic heterocycles. The predicted molar refractivity (Wildman–Crippen MR) is 119 cm³/mol. The van der Waals surface area contributed by atoms with Crippen LogP contribution in [-0.4, -0.2) is 19.2 Å². The first-order valence-corrected chi connectivity index (χ1v) is 11.1. The smallest absolute Gasteiger partial charge is 0.407 e. The molecule has 1 amide bonds. The topological polar surface area (TPSA) is 59.6 Å². The number of carbonyl (C=O) groups is 1. The second-order valence-corrected chi connectivity index (χ2v) is 8.56. The van der Waals surface area contributed by atoms with Gasteiger partial charge in [0.2, 0.25) is 0 Å². The van der Waals surface area contributed by atoms with Gasteiger partial charge in [-0.3, -0.25) is 0 Å². The number of ether oxygens (including phenoxy) is 2. The molecule has 2 N–H and O–H groups in total. The second kappa shape index (κ2) is 9.41.